The lowest BCUT2D eigenvalue weighted by Gasteiger charge is -2.30. The summed E-state index contributed by atoms with van der Waals surface area (Å²) in [6.07, 6.45) is 3.97. The third kappa shape index (κ3) is 2.14. The quantitative estimate of drug-likeness (QED) is 0.839. The number of carbonyl (C=O) groups excluding carboxylic acids is 1. The van der Waals surface area contributed by atoms with Crippen molar-refractivity contribution in [2.75, 3.05) is 24.2 Å². The van der Waals surface area contributed by atoms with Gasteiger partial charge in [-0.2, -0.15) is 0 Å². The molecule has 1 aliphatic carbocycles. The fraction of sp³-hybridized carbons (Fsp3) is 0.545. The van der Waals surface area contributed by atoms with E-state index in [-0.39, 0.29) is 0 Å². The molecule has 0 aliphatic heterocycles. The number of hydrogen-bond donors (Lipinski definition) is 2. The minimum Gasteiger partial charge on any atom is -0.397 e. The van der Waals surface area contributed by atoms with Crippen LogP contribution in [0.4, 0.5) is 10.7 Å². The van der Waals surface area contributed by atoms with E-state index in [0.29, 0.717) is 10.6 Å². The van der Waals surface area contributed by atoms with Gasteiger partial charge in [0.05, 0.1) is 10.7 Å². The van der Waals surface area contributed by atoms with E-state index >= 15 is 0 Å². The topological polar surface area (TPSA) is 72.3 Å². The Morgan fingerprint density at radius 3 is 2.75 bits per heavy atom. The molecule has 0 saturated heterocycles. The van der Waals surface area contributed by atoms with E-state index in [9.17, 15) is 4.79 Å². The minimum atomic E-state index is -0.439. The molecule has 4 nitrogen and oxygen atoms in total. The third-order valence-electron chi connectivity index (χ3n) is 3.10. The van der Waals surface area contributed by atoms with E-state index < -0.39 is 5.91 Å². The van der Waals surface area contributed by atoms with E-state index in [1.54, 1.807) is 0 Å². The fourth-order valence-electron chi connectivity index (χ4n) is 1.92. The van der Waals surface area contributed by atoms with Crippen LogP contribution in [0, 0.1) is 5.92 Å². The zero-order valence-corrected chi connectivity index (χ0v) is 10.2. The molecular weight excluding hydrogens is 222 g/mol. The molecule has 1 saturated carbocycles. The van der Waals surface area contributed by atoms with E-state index in [0.717, 1.165) is 17.5 Å². The summed E-state index contributed by atoms with van der Waals surface area (Å²) in [6.45, 7) is 1.04. The zero-order chi connectivity index (χ0) is 11.7. The van der Waals surface area contributed by atoms with Gasteiger partial charge < -0.3 is 16.4 Å². The Kier molecular flexibility index (Phi) is 3.05. The second-order valence-corrected chi connectivity index (χ2v) is 5.44. The summed E-state index contributed by atoms with van der Waals surface area (Å²) >= 11 is 1.38. The van der Waals surface area contributed by atoms with Gasteiger partial charge in [-0.25, -0.2) is 0 Å². The van der Waals surface area contributed by atoms with E-state index in [2.05, 4.69) is 4.90 Å². The zero-order valence-electron chi connectivity index (χ0n) is 9.40. The van der Waals surface area contributed by atoms with Gasteiger partial charge in [0.15, 0.2) is 0 Å². The van der Waals surface area contributed by atoms with Gasteiger partial charge in [0.2, 0.25) is 0 Å². The maximum Gasteiger partial charge on any atom is 0.260 e. The number of primary amides is 1. The lowest BCUT2D eigenvalue weighted by molar-refractivity contribution is 0.100. The van der Waals surface area contributed by atoms with Crippen LogP contribution in [0.3, 0.4) is 0 Å². The molecule has 5 heteroatoms. The summed E-state index contributed by atoms with van der Waals surface area (Å²) in [5, 5.41) is 1.03. The summed E-state index contributed by atoms with van der Waals surface area (Å²) in [4.78, 5) is 13.7. The van der Waals surface area contributed by atoms with Crippen LogP contribution in [0.15, 0.2) is 6.07 Å². The maximum absolute atomic E-state index is 11.1. The number of anilines is 2. The first-order valence-corrected chi connectivity index (χ1v) is 6.30. The number of thiophene rings is 1. The highest BCUT2D eigenvalue weighted by Crippen LogP contribution is 2.34. The Hall–Kier alpha value is -1.23. The van der Waals surface area contributed by atoms with Crippen molar-refractivity contribution in [3.63, 3.8) is 0 Å². The van der Waals surface area contributed by atoms with Crippen molar-refractivity contribution in [1.29, 1.82) is 0 Å². The number of amides is 1. The Bertz CT molecular complexity index is 398. The predicted molar refractivity (Wildman–Crippen MR) is 67.9 cm³/mol. The highest BCUT2D eigenvalue weighted by atomic mass is 32.1. The molecule has 2 rings (SSSR count). The van der Waals surface area contributed by atoms with Crippen LogP contribution in [0.2, 0.25) is 0 Å². The first-order valence-electron chi connectivity index (χ1n) is 5.48. The number of carbonyl (C=O) groups is 1. The molecule has 0 bridgehead atoms. The minimum absolute atomic E-state index is 0.439. The van der Waals surface area contributed by atoms with E-state index in [1.807, 2.05) is 13.1 Å². The van der Waals surface area contributed by atoms with Crippen LogP contribution in [0.25, 0.3) is 0 Å². The Morgan fingerprint density at radius 2 is 2.31 bits per heavy atom. The Balaban J connectivity index is 2.07. The molecule has 0 spiro atoms. The molecule has 0 atom stereocenters. The smallest absolute Gasteiger partial charge is 0.260 e. The summed E-state index contributed by atoms with van der Waals surface area (Å²) in [5.41, 5.74) is 11.5. The van der Waals surface area contributed by atoms with Crippen molar-refractivity contribution >= 4 is 27.9 Å². The molecule has 1 aromatic rings. The van der Waals surface area contributed by atoms with Crippen molar-refractivity contribution in [2.24, 2.45) is 11.7 Å². The normalized spacial score (nSPS) is 15.8. The summed E-state index contributed by atoms with van der Waals surface area (Å²) < 4.78 is 0. The van der Waals surface area contributed by atoms with Gasteiger partial charge >= 0.3 is 0 Å². The number of nitrogen functional groups attached to an aromatic ring is 1. The summed E-state index contributed by atoms with van der Waals surface area (Å²) in [5.74, 6) is 0.358. The highest BCUT2D eigenvalue weighted by Gasteiger charge is 2.21. The lowest BCUT2D eigenvalue weighted by Crippen LogP contribution is -2.28. The molecule has 1 fully saturated rings. The highest BCUT2D eigenvalue weighted by molar-refractivity contribution is 7.18. The first-order chi connectivity index (χ1) is 7.58. The molecule has 4 N–H and O–H groups in total. The average molecular weight is 239 g/mol. The molecular formula is C11H17N3OS. The summed E-state index contributed by atoms with van der Waals surface area (Å²) in [7, 11) is 2.04. The van der Waals surface area contributed by atoms with Gasteiger partial charge in [-0.15, -0.1) is 11.3 Å². The molecule has 1 amide bonds. The van der Waals surface area contributed by atoms with Crippen LogP contribution < -0.4 is 16.4 Å². The van der Waals surface area contributed by atoms with Gasteiger partial charge in [0, 0.05) is 13.6 Å². The molecule has 1 aromatic heterocycles. The average Bonchev–Trinajstić information content (AvgIpc) is 2.53. The fourth-order valence-corrected chi connectivity index (χ4v) is 2.83. The van der Waals surface area contributed by atoms with Gasteiger partial charge in [-0.05, 0) is 24.8 Å². The van der Waals surface area contributed by atoms with Crippen molar-refractivity contribution < 1.29 is 4.79 Å². The van der Waals surface area contributed by atoms with Crippen LogP contribution in [0.1, 0.15) is 28.9 Å². The largest absolute Gasteiger partial charge is 0.397 e. The van der Waals surface area contributed by atoms with E-state index in [4.69, 9.17) is 11.5 Å². The van der Waals surface area contributed by atoms with Crippen molar-refractivity contribution in [3.05, 3.63) is 10.9 Å². The number of hydrogen-bond acceptors (Lipinski definition) is 4. The van der Waals surface area contributed by atoms with Crippen LogP contribution >= 0.6 is 11.3 Å². The maximum atomic E-state index is 11.1. The van der Waals surface area contributed by atoms with Gasteiger partial charge in [0.25, 0.3) is 5.91 Å². The monoisotopic (exact) mass is 239 g/mol. The lowest BCUT2D eigenvalue weighted by atomic mass is 9.85. The Morgan fingerprint density at radius 1 is 1.62 bits per heavy atom. The van der Waals surface area contributed by atoms with Crippen molar-refractivity contribution in [1.82, 2.24) is 0 Å². The second-order valence-electron chi connectivity index (χ2n) is 4.41. The number of nitrogens with two attached hydrogens (primary N) is 2. The van der Waals surface area contributed by atoms with Crippen molar-refractivity contribution in [3.8, 4) is 0 Å². The molecule has 1 heterocycles. The number of nitrogens with zero attached hydrogens (tertiary/aromatic N) is 1. The SMILES string of the molecule is CN(CC1CCC1)c1cc(N)c(C(N)=O)s1. The third-order valence-corrected chi connectivity index (χ3v) is 4.38. The number of rotatable bonds is 4. The Labute approximate surface area is 99.2 Å². The van der Waals surface area contributed by atoms with Crippen molar-refractivity contribution in [2.45, 2.75) is 19.3 Å². The standard InChI is InChI=1S/C11H17N3OS/c1-14(6-7-3-2-4-7)9-5-8(12)10(16-9)11(13)15/h5,7H,2-4,6,12H2,1H3,(H2,13,15). The van der Waals surface area contributed by atoms with Crippen LogP contribution in [0.5, 0.6) is 0 Å². The molecule has 88 valence electrons. The predicted octanol–water partition coefficient (Wildman–Crippen LogP) is 1.67. The molecule has 0 radical (unpaired) electrons. The molecule has 1 aliphatic rings. The molecule has 0 aromatic carbocycles. The summed E-state index contributed by atoms with van der Waals surface area (Å²) in [6, 6.07) is 1.84. The van der Waals surface area contributed by atoms with E-state index in [1.165, 1.54) is 30.6 Å². The van der Waals surface area contributed by atoms with Crippen LogP contribution in [-0.4, -0.2) is 19.5 Å². The van der Waals surface area contributed by atoms with Crippen LogP contribution in [-0.2, 0) is 0 Å². The molecule has 0 unspecified atom stereocenters. The first kappa shape index (κ1) is 11.3. The van der Waals surface area contributed by atoms with Gasteiger partial charge in [0.1, 0.15) is 4.88 Å². The van der Waals surface area contributed by atoms with Gasteiger partial charge in [-0.1, -0.05) is 6.42 Å². The molecule has 16 heavy (non-hydrogen) atoms. The second kappa shape index (κ2) is 4.33. The van der Waals surface area contributed by atoms with Gasteiger partial charge in [-0.3, -0.25) is 4.79 Å².